The fourth-order valence-corrected chi connectivity index (χ4v) is 7.94. The Balaban J connectivity index is 1.05. The van der Waals surface area contributed by atoms with E-state index < -0.39 is 0 Å². The molecule has 2 heteroatoms. The summed E-state index contributed by atoms with van der Waals surface area (Å²) in [6, 6.07) is 74.6. The molecule has 0 aliphatic carbocycles. The van der Waals surface area contributed by atoms with Crippen LogP contribution in [-0.2, 0) is 0 Å². The Morgan fingerprint density at radius 3 is 1.50 bits per heavy atom. The molecule has 52 heavy (non-hydrogen) atoms. The van der Waals surface area contributed by atoms with E-state index in [-0.39, 0.29) is 0 Å². The van der Waals surface area contributed by atoms with Gasteiger partial charge in [0.25, 0.3) is 0 Å². The van der Waals surface area contributed by atoms with Gasteiger partial charge in [-0.15, -0.1) is 0 Å². The number of fused-ring (bicyclic) bond motifs is 5. The highest BCUT2D eigenvalue weighted by Crippen LogP contribution is 2.40. The summed E-state index contributed by atoms with van der Waals surface area (Å²) >= 11 is 0. The topological polar surface area (TPSA) is 8.17 Å². The molecule has 10 aromatic rings. The smallest absolute Gasteiger partial charge is 0.0541 e. The first-order chi connectivity index (χ1) is 25.8. The molecule has 0 atom stereocenters. The molecule has 10 rings (SSSR count). The van der Waals surface area contributed by atoms with E-state index >= 15 is 0 Å². The van der Waals surface area contributed by atoms with Crippen molar-refractivity contribution in [2.24, 2.45) is 0 Å². The average Bonchev–Trinajstić information content (AvgIpc) is 3.56. The number of anilines is 3. The van der Waals surface area contributed by atoms with Crippen molar-refractivity contribution in [2.45, 2.75) is 0 Å². The van der Waals surface area contributed by atoms with Gasteiger partial charge in [0.2, 0.25) is 0 Å². The normalized spacial score (nSPS) is 11.5. The first kappa shape index (κ1) is 30.0. The third-order valence-electron chi connectivity index (χ3n) is 10.4. The fraction of sp³-hybridized carbons (Fsp3) is 0. The monoisotopic (exact) mass is 662 g/mol. The molecule has 0 saturated carbocycles. The molecule has 0 aliphatic rings. The van der Waals surface area contributed by atoms with Crippen LogP contribution in [0.25, 0.3) is 71.3 Å². The van der Waals surface area contributed by atoms with Crippen molar-refractivity contribution in [1.82, 2.24) is 4.57 Å². The number of para-hydroxylation sites is 3. The predicted octanol–water partition coefficient (Wildman–Crippen LogP) is 13.9. The third-order valence-corrected chi connectivity index (χ3v) is 10.4. The Morgan fingerprint density at radius 1 is 0.327 bits per heavy atom. The highest BCUT2D eigenvalue weighted by Gasteiger charge is 2.16. The van der Waals surface area contributed by atoms with E-state index in [2.05, 4.69) is 216 Å². The average molecular weight is 663 g/mol. The zero-order valence-corrected chi connectivity index (χ0v) is 28.5. The first-order valence-corrected chi connectivity index (χ1v) is 17.9. The summed E-state index contributed by atoms with van der Waals surface area (Å²) in [5, 5.41) is 7.55. The molecule has 1 heterocycles. The summed E-state index contributed by atoms with van der Waals surface area (Å²) < 4.78 is 2.37. The number of nitrogens with zero attached hydrogens (tertiary/aromatic N) is 2. The Hall–Kier alpha value is -6.90. The molecule has 0 aliphatic heterocycles. The summed E-state index contributed by atoms with van der Waals surface area (Å²) in [5.41, 5.74) is 11.8. The summed E-state index contributed by atoms with van der Waals surface area (Å²) in [6.45, 7) is 0. The van der Waals surface area contributed by atoms with Gasteiger partial charge < -0.3 is 9.47 Å². The van der Waals surface area contributed by atoms with Gasteiger partial charge in [0.1, 0.15) is 0 Å². The lowest BCUT2D eigenvalue weighted by Gasteiger charge is -2.26. The highest BCUT2D eigenvalue weighted by molar-refractivity contribution is 6.09. The van der Waals surface area contributed by atoms with Gasteiger partial charge in [0, 0.05) is 33.5 Å². The molecule has 0 unspecified atom stereocenters. The van der Waals surface area contributed by atoms with E-state index in [1.165, 1.54) is 65.6 Å². The Labute approximate surface area is 303 Å². The summed E-state index contributed by atoms with van der Waals surface area (Å²) in [5.74, 6) is 0. The van der Waals surface area contributed by atoms with Crippen molar-refractivity contribution in [3.63, 3.8) is 0 Å². The lowest BCUT2D eigenvalue weighted by Crippen LogP contribution is -2.10. The lowest BCUT2D eigenvalue weighted by atomic mass is 9.90. The molecule has 2 nitrogen and oxygen atoms in total. The van der Waals surface area contributed by atoms with Crippen molar-refractivity contribution >= 4 is 60.4 Å². The van der Waals surface area contributed by atoms with Crippen LogP contribution < -0.4 is 4.90 Å². The Kier molecular flexibility index (Phi) is 7.18. The zero-order chi connectivity index (χ0) is 34.4. The maximum Gasteiger partial charge on any atom is 0.0541 e. The van der Waals surface area contributed by atoms with Crippen LogP contribution in [0.1, 0.15) is 0 Å². The SMILES string of the molecule is c1ccc(N(c2ccc(-c3cccc4cccc(-c5ccc6ccccc6c5)c34)cc2)c2ccc(-n3c4ccccc4c4ccccc43)cc2)cc1. The van der Waals surface area contributed by atoms with Crippen LogP contribution in [0.4, 0.5) is 17.1 Å². The highest BCUT2D eigenvalue weighted by atomic mass is 15.1. The van der Waals surface area contributed by atoms with Crippen molar-refractivity contribution < 1.29 is 0 Å². The van der Waals surface area contributed by atoms with Crippen LogP contribution in [0, 0.1) is 0 Å². The fourth-order valence-electron chi connectivity index (χ4n) is 7.94. The lowest BCUT2D eigenvalue weighted by molar-refractivity contribution is 1.17. The van der Waals surface area contributed by atoms with Gasteiger partial charge in [-0.3, -0.25) is 0 Å². The van der Waals surface area contributed by atoms with Crippen LogP contribution in [0.3, 0.4) is 0 Å². The molecule has 0 N–H and O–H groups in total. The molecule has 0 radical (unpaired) electrons. The van der Waals surface area contributed by atoms with E-state index in [4.69, 9.17) is 0 Å². The van der Waals surface area contributed by atoms with Crippen molar-refractivity contribution in [3.05, 3.63) is 206 Å². The minimum atomic E-state index is 1.10. The summed E-state index contributed by atoms with van der Waals surface area (Å²) in [6.07, 6.45) is 0. The number of hydrogen-bond acceptors (Lipinski definition) is 1. The van der Waals surface area contributed by atoms with Crippen LogP contribution in [0.2, 0.25) is 0 Å². The van der Waals surface area contributed by atoms with Crippen LogP contribution in [-0.4, -0.2) is 4.57 Å². The molecular formula is C50H34N2. The minimum Gasteiger partial charge on any atom is -0.311 e. The molecule has 1 aromatic heterocycles. The predicted molar refractivity (Wildman–Crippen MR) is 221 cm³/mol. The molecule has 0 saturated heterocycles. The first-order valence-electron chi connectivity index (χ1n) is 17.9. The molecule has 0 bridgehead atoms. The number of rotatable bonds is 6. The van der Waals surface area contributed by atoms with Crippen LogP contribution >= 0.6 is 0 Å². The van der Waals surface area contributed by atoms with Crippen molar-refractivity contribution in [3.8, 4) is 27.9 Å². The maximum atomic E-state index is 2.37. The minimum absolute atomic E-state index is 1.10. The van der Waals surface area contributed by atoms with Gasteiger partial charge in [0.05, 0.1) is 11.0 Å². The van der Waals surface area contributed by atoms with Gasteiger partial charge in [-0.1, -0.05) is 140 Å². The zero-order valence-electron chi connectivity index (χ0n) is 28.5. The summed E-state index contributed by atoms with van der Waals surface area (Å²) in [7, 11) is 0. The van der Waals surface area contributed by atoms with Crippen LogP contribution in [0.15, 0.2) is 206 Å². The van der Waals surface area contributed by atoms with E-state index in [0.29, 0.717) is 0 Å². The standard InChI is InChI=1S/C50H34N2/c1-2-16-40(17-3-1)51(42-30-32-43(33-31-42)52-48-22-8-6-18-46(48)47-19-7-9-23-49(47)52)41-28-26-36(27-29-41)44-20-10-14-37-15-11-21-45(50(37)44)39-25-24-35-12-4-5-13-38(35)34-39/h1-34H. The van der Waals surface area contributed by atoms with Crippen molar-refractivity contribution in [2.75, 3.05) is 4.90 Å². The molecule has 244 valence electrons. The van der Waals surface area contributed by atoms with E-state index in [1.807, 2.05) is 0 Å². The number of aromatic nitrogens is 1. The quantitative estimate of drug-likeness (QED) is 0.172. The van der Waals surface area contributed by atoms with Crippen molar-refractivity contribution in [1.29, 1.82) is 0 Å². The van der Waals surface area contributed by atoms with Crippen LogP contribution in [0.5, 0.6) is 0 Å². The molecule has 9 aromatic carbocycles. The Bertz CT molecular complexity index is 2820. The van der Waals surface area contributed by atoms with Gasteiger partial charge in [0.15, 0.2) is 0 Å². The van der Waals surface area contributed by atoms with E-state index in [9.17, 15) is 0 Å². The second-order valence-electron chi connectivity index (χ2n) is 13.4. The summed E-state index contributed by atoms with van der Waals surface area (Å²) in [4.78, 5) is 2.34. The largest absolute Gasteiger partial charge is 0.311 e. The van der Waals surface area contributed by atoms with Gasteiger partial charge >= 0.3 is 0 Å². The number of hydrogen-bond donors (Lipinski definition) is 0. The molecule has 0 spiro atoms. The van der Waals surface area contributed by atoms with E-state index in [0.717, 1.165) is 22.7 Å². The van der Waals surface area contributed by atoms with Gasteiger partial charge in [-0.05, 0) is 111 Å². The van der Waals surface area contributed by atoms with Gasteiger partial charge in [-0.2, -0.15) is 0 Å². The number of benzene rings is 9. The third kappa shape index (κ3) is 5.04. The molecular weight excluding hydrogens is 629 g/mol. The second-order valence-corrected chi connectivity index (χ2v) is 13.4. The van der Waals surface area contributed by atoms with Gasteiger partial charge in [-0.25, -0.2) is 0 Å². The van der Waals surface area contributed by atoms with E-state index in [1.54, 1.807) is 0 Å². The second kappa shape index (κ2) is 12.5. The Morgan fingerprint density at radius 2 is 0.827 bits per heavy atom. The maximum absolute atomic E-state index is 2.37. The molecule has 0 fully saturated rings. The molecule has 0 amide bonds.